The Labute approximate surface area is 163 Å². The molecule has 0 saturated carbocycles. The Kier molecular flexibility index (Phi) is 6.29. The van der Waals surface area contributed by atoms with Gasteiger partial charge >= 0.3 is 0 Å². The second-order valence-electron chi connectivity index (χ2n) is 6.81. The van der Waals surface area contributed by atoms with Gasteiger partial charge in [-0.2, -0.15) is 0 Å². The van der Waals surface area contributed by atoms with E-state index in [1.807, 2.05) is 20.8 Å². The van der Waals surface area contributed by atoms with Crippen molar-refractivity contribution in [2.45, 2.75) is 47.0 Å². The lowest BCUT2D eigenvalue weighted by Gasteiger charge is -2.20. The monoisotopic (exact) mass is 354 g/mol. The molecular weight excluding hydrogens is 324 g/mol. The molecule has 0 spiro atoms. The molecular formula is C27H30. The third kappa shape index (κ3) is 3.76. The van der Waals surface area contributed by atoms with Crippen molar-refractivity contribution in [3.63, 3.8) is 0 Å². The van der Waals surface area contributed by atoms with E-state index in [0.717, 1.165) is 19.3 Å². The molecule has 2 aromatic rings. The number of fused-ring (bicyclic) bond motifs is 1. The molecule has 138 valence electrons. The van der Waals surface area contributed by atoms with Gasteiger partial charge in [-0.15, -0.1) is 0 Å². The van der Waals surface area contributed by atoms with Gasteiger partial charge in [-0.25, -0.2) is 0 Å². The highest BCUT2D eigenvalue weighted by atomic mass is 14.2. The maximum atomic E-state index is 2.31. The van der Waals surface area contributed by atoms with E-state index in [-0.39, 0.29) is 0 Å². The molecule has 0 aliphatic heterocycles. The normalized spacial score (nSPS) is 15.6. The second kappa shape index (κ2) is 8.86. The fourth-order valence-electron chi connectivity index (χ4n) is 4.01. The molecule has 0 nitrogen and oxygen atoms in total. The number of hydrogen-bond acceptors (Lipinski definition) is 0. The molecule has 27 heavy (non-hydrogen) atoms. The molecule has 0 heterocycles. The van der Waals surface area contributed by atoms with Crippen LogP contribution in [-0.2, 0) is 6.42 Å². The Bertz CT molecular complexity index is 1070. The molecule has 0 aromatic heterocycles. The van der Waals surface area contributed by atoms with Gasteiger partial charge in [-0.05, 0) is 69.7 Å². The van der Waals surface area contributed by atoms with Gasteiger partial charge in [0.1, 0.15) is 0 Å². The van der Waals surface area contributed by atoms with E-state index in [0.29, 0.717) is 0 Å². The minimum Gasteiger partial charge on any atom is -0.0917 e. The minimum atomic E-state index is 1.07. The van der Waals surface area contributed by atoms with E-state index >= 15 is 0 Å². The Morgan fingerprint density at radius 2 is 1.81 bits per heavy atom. The Morgan fingerprint density at radius 1 is 0.963 bits per heavy atom. The first-order chi connectivity index (χ1) is 13.3. The van der Waals surface area contributed by atoms with Crippen molar-refractivity contribution in [1.29, 1.82) is 0 Å². The van der Waals surface area contributed by atoms with Crippen LogP contribution in [0, 0.1) is 0 Å². The lowest BCUT2D eigenvalue weighted by molar-refractivity contribution is 1.15. The number of hydrogen-bond donors (Lipinski definition) is 0. The molecule has 0 atom stereocenters. The highest BCUT2D eigenvalue weighted by Gasteiger charge is 2.20. The van der Waals surface area contributed by atoms with Gasteiger partial charge < -0.3 is 0 Å². The van der Waals surface area contributed by atoms with Crippen LogP contribution in [0.15, 0.2) is 77.9 Å². The smallest absolute Gasteiger partial charge is 0.00163 e. The average Bonchev–Trinajstić information content (AvgIpc) is 3.03. The maximum absolute atomic E-state index is 2.31. The van der Waals surface area contributed by atoms with Crippen LogP contribution < -0.4 is 10.4 Å². The van der Waals surface area contributed by atoms with Crippen LogP contribution in [0.2, 0.25) is 0 Å². The highest BCUT2D eigenvalue weighted by Crippen LogP contribution is 2.32. The van der Waals surface area contributed by atoms with Crippen LogP contribution in [0.5, 0.6) is 0 Å². The van der Waals surface area contributed by atoms with Gasteiger partial charge in [0.05, 0.1) is 0 Å². The molecule has 2 aromatic carbocycles. The fraction of sp³-hybridized carbons (Fsp3) is 0.259. The lowest BCUT2D eigenvalue weighted by Crippen LogP contribution is -2.31. The first-order valence-electron chi connectivity index (χ1n) is 10.2. The summed E-state index contributed by atoms with van der Waals surface area (Å²) in [4.78, 5) is 0. The van der Waals surface area contributed by atoms with Gasteiger partial charge in [0.15, 0.2) is 0 Å². The highest BCUT2D eigenvalue weighted by molar-refractivity contribution is 5.93. The first kappa shape index (κ1) is 19.2. The summed E-state index contributed by atoms with van der Waals surface area (Å²) in [6, 6.07) is 11.2. The van der Waals surface area contributed by atoms with Crippen molar-refractivity contribution in [1.82, 2.24) is 0 Å². The fourth-order valence-corrected chi connectivity index (χ4v) is 4.01. The van der Waals surface area contributed by atoms with Gasteiger partial charge in [0, 0.05) is 0 Å². The second-order valence-corrected chi connectivity index (χ2v) is 6.81. The van der Waals surface area contributed by atoms with Crippen molar-refractivity contribution in [2.75, 3.05) is 0 Å². The number of rotatable bonds is 1. The standard InChI is InChI=1S/C20H14.C5H10.C2H6/c1-3-13-7-8-15-10-9-14-4-2-6-17-12-16(5-1)18(11-13)20(15)19(14)17;1-3-5-4-2;1-2/h1-10H,11-12H2;3,5H,4H2,1-2H3;1-2H3/b;5-3-;. The van der Waals surface area contributed by atoms with Crippen LogP contribution in [0.3, 0.4) is 0 Å². The Hall–Kier alpha value is -2.60. The van der Waals surface area contributed by atoms with Crippen molar-refractivity contribution in [3.8, 4) is 0 Å². The summed E-state index contributed by atoms with van der Waals surface area (Å²) in [6.45, 7) is 8.16. The van der Waals surface area contributed by atoms with E-state index in [1.54, 1.807) is 0 Å². The summed E-state index contributed by atoms with van der Waals surface area (Å²) < 4.78 is 0. The van der Waals surface area contributed by atoms with Crippen molar-refractivity contribution < 1.29 is 0 Å². The van der Waals surface area contributed by atoms with E-state index in [9.17, 15) is 0 Å². The minimum absolute atomic E-state index is 1.07. The van der Waals surface area contributed by atoms with Crippen LogP contribution in [0.4, 0.5) is 0 Å². The third-order valence-electron chi connectivity index (χ3n) is 5.17. The van der Waals surface area contributed by atoms with E-state index in [4.69, 9.17) is 0 Å². The molecule has 5 rings (SSSR count). The molecule has 3 aliphatic rings. The average molecular weight is 355 g/mol. The van der Waals surface area contributed by atoms with Crippen LogP contribution in [-0.4, -0.2) is 0 Å². The predicted molar refractivity (Wildman–Crippen MR) is 121 cm³/mol. The molecule has 0 radical (unpaired) electrons. The topological polar surface area (TPSA) is 0 Å². The SMILES string of the molecule is C/C=C\CC.C1=CC2=CC=c3ccc4cccc5c4c3=C(C2)C(=C1)C5.CC. The van der Waals surface area contributed by atoms with Crippen LogP contribution >= 0.6 is 0 Å². The van der Waals surface area contributed by atoms with Crippen LogP contribution in [0.25, 0.3) is 22.4 Å². The number of benzene rings is 2. The van der Waals surface area contributed by atoms with Crippen molar-refractivity contribution in [3.05, 3.63) is 93.9 Å². The molecule has 0 saturated heterocycles. The lowest BCUT2D eigenvalue weighted by atomic mass is 9.84. The summed E-state index contributed by atoms with van der Waals surface area (Å²) in [5.74, 6) is 0. The van der Waals surface area contributed by atoms with Gasteiger partial charge in [0.2, 0.25) is 0 Å². The molecule has 0 amide bonds. The van der Waals surface area contributed by atoms with E-state index in [1.165, 1.54) is 43.5 Å². The zero-order chi connectivity index (χ0) is 19.2. The zero-order valence-electron chi connectivity index (χ0n) is 17.0. The van der Waals surface area contributed by atoms with Gasteiger partial charge in [-0.3, -0.25) is 0 Å². The molecule has 0 heteroatoms. The first-order valence-corrected chi connectivity index (χ1v) is 10.2. The summed E-state index contributed by atoms with van der Waals surface area (Å²) in [5, 5.41) is 5.70. The molecule has 3 aliphatic carbocycles. The van der Waals surface area contributed by atoms with Gasteiger partial charge in [0.25, 0.3) is 0 Å². The zero-order valence-corrected chi connectivity index (χ0v) is 17.0. The van der Waals surface area contributed by atoms with Crippen molar-refractivity contribution >= 4 is 22.4 Å². The van der Waals surface area contributed by atoms with Gasteiger partial charge in [-0.1, -0.05) is 93.6 Å². The Morgan fingerprint density at radius 3 is 2.56 bits per heavy atom. The molecule has 2 bridgehead atoms. The Balaban J connectivity index is 0.000000265. The summed E-state index contributed by atoms with van der Waals surface area (Å²) in [6.07, 6.45) is 18.8. The quantitative estimate of drug-likeness (QED) is 0.539. The third-order valence-corrected chi connectivity index (χ3v) is 5.17. The van der Waals surface area contributed by atoms with E-state index < -0.39 is 0 Å². The maximum Gasteiger partial charge on any atom is -0.00163 e. The summed E-state index contributed by atoms with van der Waals surface area (Å²) in [5.41, 5.74) is 5.91. The summed E-state index contributed by atoms with van der Waals surface area (Å²) in [7, 11) is 0. The van der Waals surface area contributed by atoms with Crippen molar-refractivity contribution in [2.24, 2.45) is 0 Å². The predicted octanol–water partition coefficient (Wildman–Crippen LogP) is 6.15. The van der Waals surface area contributed by atoms with Crippen LogP contribution in [0.1, 0.15) is 46.1 Å². The molecule has 0 fully saturated rings. The largest absolute Gasteiger partial charge is 0.0917 e. The number of allylic oxidation sites excluding steroid dienone is 8. The molecule has 0 unspecified atom stereocenters. The summed E-state index contributed by atoms with van der Waals surface area (Å²) >= 11 is 0. The molecule has 0 N–H and O–H groups in total. The van der Waals surface area contributed by atoms with E-state index in [2.05, 4.69) is 79.8 Å².